The van der Waals surface area contributed by atoms with Gasteiger partial charge in [0.15, 0.2) is 12.2 Å². The van der Waals surface area contributed by atoms with Gasteiger partial charge in [-0.2, -0.15) is 0 Å². The van der Waals surface area contributed by atoms with E-state index in [9.17, 15) is 14.4 Å². The quantitative estimate of drug-likeness (QED) is 0.313. The molecule has 7 nitrogen and oxygen atoms in total. The Balaban J connectivity index is 1.51. The zero-order valence-corrected chi connectivity index (χ0v) is 18.9. The van der Waals surface area contributed by atoms with Crippen molar-refractivity contribution in [1.82, 2.24) is 0 Å². The number of hydrogen-bond donors (Lipinski definition) is 1. The van der Waals surface area contributed by atoms with Gasteiger partial charge >= 0.3 is 17.9 Å². The van der Waals surface area contributed by atoms with Crippen molar-refractivity contribution >= 4 is 30.5 Å². The van der Waals surface area contributed by atoms with E-state index in [-0.39, 0.29) is 6.61 Å². The van der Waals surface area contributed by atoms with Crippen LogP contribution in [0.3, 0.4) is 0 Å². The number of hydrogen-bond acceptors (Lipinski definition) is 8. The third kappa shape index (κ3) is 5.65. The minimum atomic E-state index is -1.05. The molecule has 1 saturated heterocycles. The van der Waals surface area contributed by atoms with Gasteiger partial charge in [-0.25, -0.2) is 14.4 Å². The Bertz CT molecular complexity index is 1120. The third-order valence-electron chi connectivity index (χ3n) is 5.18. The number of esters is 3. The largest absolute Gasteiger partial charge is 0.459 e. The van der Waals surface area contributed by atoms with Crippen molar-refractivity contribution in [2.75, 3.05) is 6.61 Å². The van der Waals surface area contributed by atoms with Gasteiger partial charge in [-0.1, -0.05) is 54.6 Å². The first kappa shape index (κ1) is 23.5. The summed E-state index contributed by atoms with van der Waals surface area (Å²) in [6.45, 7) is -0.225. The molecule has 3 aromatic rings. The van der Waals surface area contributed by atoms with Gasteiger partial charge < -0.3 is 18.9 Å². The molecule has 0 spiro atoms. The maximum Gasteiger partial charge on any atom is 0.338 e. The van der Waals surface area contributed by atoms with Gasteiger partial charge in [0, 0.05) is 0 Å². The Morgan fingerprint density at radius 3 is 1.53 bits per heavy atom. The van der Waals surface area contributed by atoms with Crippen LogP contribution < -0.4 is 0 Å². The van der Waals surface area contributed by atoms with Gasteiger partial charge in [-0.3, -0.25) is 0 Å². The maximum absolute atomic E-state index is 12.8. The van der Waals surface area contributed by atoms with Crippen LogP contribution in [-0.2, 0) is 18.9 Å². The van der Waals surface area contributed by atoms with Crippen molar-refractivity contribution in [2.45, 2.75) is 23.7 Å². The molecule has 0 saturated carbocycles. The molecule has 0 aromatic heterocycles. The first-order chi connectivity index (χ1) is 16.5. The predicted molar refractivity (Wildman–Crippen MR) is 126 cm³/mol. The van der Waals surface area contributed by atoms with Crippen LogP contribution >= 0.6 is 12.6 Å². The summed E-state index contributed by atoms with van der Waals surface area (Å²) in [7, 11) is 0. The number of rotatable bonds is 7. The van der Waals surface area contributed by atoms with Crippen molar-refractivity contribution in [2.24, 2.45) is 0 Å². The number of ether oxygens (including phenoxy) is 4. The number of benzene rings is 3. The minimum absolute atomic E-state index is 0.225. The molecule has 1 aliphatic heterocycles. The molecule has 174 valence electrons. The first-order valence-electron chi connectivity index (χ1n) is 10.6. The van der Waals surface area contributed by atoms with Gasteiger partial charge in [0.25, 0.3) is 0 Å². The molecule has 4 atom stereocenters. The van der Waals surface area contributed by atoms with Crippen LogP contribution in [-0.4, -0.2) is 48.3 Å². The van der Waals surface area contributed by atoms with E-state index in [4.69, 9.17) is 18.9 Å². The highest BCUT2D eigenvalue weighted by atomic mass is 32.1. The number of carbonyl (C=O) groups is 3. The minimum Gasteiger partial charge on any atom is -0.459 e. The van der Waals surface area contributed by atoms with Crippen molar-refractivity contribution in [3.8, 4) is 0 Å². The van der Waals surface area contributed by atoms with E-state index in [1.165, 1.54) is 0 Å². The fourth-order valence-electron chi connectivity index (χ4n) is 3.46. The van der Waals surface area contributed by atoms with Crippen molar-refractivity contribution in [3.05, 3.63) is 108 Å². The summed E-state index contributed by atoms with van der Waals surface area (Å²) in [5.74, 6) is -1.80. The Kier molecular flexibility index (Phi) is 7.61. The lowest BCUT2D eigenvalue weighted by molar-refractivity contribution is -0.0435. The van der Waals surface area contributed by atoms with Crippen LogP contribution in [0.1, 0.15) is 31.1 Å². The Labute approximate surface area is 202 Å². The zero-order chi connectivity index (χ0) is 23.9. The molecule has 8 heteroatoms. The highest BCUT2D eigenvalue weighted by molar-refractivity contribution is 7.80. The van der Waals surface area contributed by atoms with Crippen LogP contribution in [0.25, 0.3) is 0 Å². The SMILES string of the molecule is O=C(OC[C@@H]1OC(S)[C@@H](OC(=O)c2ccccc2)[C@H]1OC(=O)c1ccccc1)c1ccccc1. The maximum atomic E-state index is 12.8. The second kappa shape index (κ2) is 11.0. The molecule has 0 aliphatic carbocycles. The van der Waals surface area contributed by atoms with Crippen LogP contribution in [0.5, 0.6) is 0 Å². The molecule has 0 amide bonds. The lowest BCUT2D eigenvalue weighted by atomic mass is 10.1. The molecule has 4 rings (SSSR count). The Morgan fingerprint density at radius 1 is 0.647 bits per heavy atom. The molecule has 34 heavy (non-hydrogen) atoms. The highest BCUT2D eigenvalue weighted by Crippen LogP contribution is 2.31. The lowest BCUT2D eigenvalue weighted by Crippen LogP contribution is -2.41. The molecule has 3 aromatic carbocycles. The molecule has 0 bridgehead atoms. The fraction of sp³-hybridized carbons (Fsp3) is 0.192. The van der Waals surface area contributed by atoms with Crippen molar-refractivity contribution < 1.29 is 33.3 Å². The zero-order valence-electron chi connectivity index (χ0n) is 18.0. The van der Waals surface area contributed by atoms with Crippen molar-refractivity contribution in [3.63, 3.8) is 0 Å². The van der Waals surface area contributed by atoms with E-state index in [0.29, 0.717) is 16.7 Å². The molecule has 0 N–H and O–H groups in total. The summed E-state index contributed by atoms with van der Waals surface area (Å²) >= 11 is 4.39. The van der Waals surface area contributed by atoms with E-state index in [1.807, 2.05) is 0 Å². The van der Waals surface area contributed by atoms with Crippen LogP contribution in [0, 0.1) is 0 Å². The smallest absolute Gasteiger partial charge is 0.338 e. The molecular weight excluding hydrogens is 456 g/mol. The predicted octanol–water partition coefficient (Wildman–Crippen LogP) is 3.95. The highest BCUT2D eigenvalue weighted by Gasteiger charge is 2.49. The summed E-state index contributed by atoms with van der Waals surface area (Å²) in [5.41, 5.74) is 0.114. The first-order valence-corrected chi connectivity index (χ1v) is 11.1. The molecule has 1 fully saturated rings. The van der Waals surface area contributed by atoms with E-state index in [0.717, 1.165) is 0 Å². The van der Waals surface area contributed by atoms with Gasteiger partial charge in [-0.05, 0) is 36.4 Å². The van der Waals surface area contributed by atoms with E-state index < -0.39 is 41.7 Å². The third-order valence-corrected chi connectivity index (χ3v) is 5.59. The van der Waals surface area contributed by atoms with E-state index >= 15 is 0 Å². The molecular formula is C26H22O7S. The number of carbonyl (C=O) groups excluding carboxylic acids is 3. The summed E-state index contributed by atoms with van der Waals surface area (Å²) in [5, 5.41) is 0. The Morgan fingerprint density at radius 2 is 1.06 bits per heavy atom. The second-order valence-corrected chi connectivity index (χ2v) is 8.01. The molecule has 1 heterocycles. The number of thiol groups is 1. The molecule has 1 unspecified atom stereocenters. The van der Waals surface area contributed by atoms with Crippen LogP contribution in [0.4, 0.5) is 0 Å². The summed E-state index contributed by atoms with van der Waals surface area (Å²) in [4.78, 5) is 37.8. The Hall–Kier alpha value is -3.62. The molecule has 0 radical (unpaired) electrons. The standard InChI is InChI=1S/C26H22O7S/c27-23(17-10-4-1-5-11-17)30-16-20-21(32-24(28)18-12-6-2-7-13-18)22(26(34)31-20)33-25(29)19-14-8-3-9-15-19/h1-15,20-22,26,34H,16H2/t20-,21-,22-,26?/m0/s1. The average Bonchev–Trinajstić information content (AvgIpc) is 3.17. The summed E-state index contributed by atoms with van der Waals surface area (Å²) in [6, 6.07) is 25.3. The van der Waals surface area contributed by atoms with Crippen LogP contribution in [0.2, 0.25) is 0 Å². The van der Waals surface area contributed by atoms with Crippen LogP contribution in [0.15, 0.2) is 91.0 Å². The van der Waals surface area contributed by atoms with Gasteiger partial charge in [0.2, 0.25) is 0 Å². The topological polar surface area (TPSA) is 88.1 Å². The fourth-order valence-corrected chi connectivity index (χ4v) is 3.84. The monoisotopic (exact) mass is 478 g/mol. The summed E-state index contributed by atoms with van der Waals surface area (Å²) < 4.78 is 22.5. The normalized spacial score (nSPS) is 21.4. The van der Waals surface area contributed by atoms with E-state index in [2.05, 4.69) is 12.6 Å². The van der Waals surface area contributed by atoms with Gasteiger partial charge in [-0.15, -0.1) is 12.6 Å². The van der Waals surface area contributed by atoms with Gasteiger partial charge in [0.1, 0.15) is 18.1 Å². The van der Waals surface area contributed by atoms with Crippen molar-refractivity contribution in [1.29, 1.82) is 0 Å². The molecule has 1 aliphatic rings. The van der Waals surface area contributed by atoms with Gasteiger partial charge in [0.05, 0.1) is 16.7 Å². The second-order valence-electron chi connectivity index (χ2n) is 7.50. The summed E-state index contributed by atoms with van der Waals surface area (Å²) in [6.07, 6.45) is -2.97. The average molecular weight is 479 g/mol. The lowest BCUT2D eigenvalue weighted by Gasteiger charge is -2.23. The van der Waals surface area contributed by atoms with E-state index in [1.54, 1.807) is 91.0 Å².